The molecule has 4 nitrogen and oxygen atoms in total. The highest BCUT2D eigenvalue weighted by atomic mass is 32.2. The van der Waals surface area contributed by atoms with E-state index in [1.165, 1.54) is 10.9 Å². The van der Waals surface area contributed by atoms with Crippen molar-refractivity contribution in [1.82, 2.24) is 9.55 Å². The van der Waals surface area contributed by atoms with Crippen molar-refractivity contribution in [2.45, 2.75) is 32.1 Å². The van der Waals surface area contributed by atoms with E-state index >= 15 is 0 Å². The second-order valence-corrected chi connectivity index (χ2v) is 8.49. The van der Waals surface area contributed by atoms with Crippen LogP contribution >= 0.6 is 0 Å². The van der Waals surface area contributed by atoms with Gasteiger partial charge in [0.25, 0.3) is 0 Å². The van der Waals surface area contributed by atoms with Crippen LogP contribution in [0.15, 0.2) is 18.5 Å². The zero-order valence-electron chi connectivity index (χ0n) is 11.5. The number of fused-ring (bicyclic) bond motifs is 1. The molecule has 2 aromatic rings. The molecule has 2 rings (SSSR count). The molecule has 0 radical (unpaired) electrons. The van der Waals surface area contributed by atoms with Gasteiger partial charge >= 0.3 is 0 Å². The molecule has 110 valence electrons. The van der Waals surface area contributed by atoms with Gasteiger partial charge in [0.15, 0.2) is 21.5 Å². The van der Waals surface area contributed by atoms with Crippen molar-refractivity contribution in [2.75, 3.05) is 5.75 Å². The first-order chi connectivity index (χ1) is 9.12. The Bertz CT molecular complexity index is 746. The first-order valence-electron chi connectivity index (χ1n) is 6.14. The minimum Gasteiger partial charge on any atom is -0.329 e. The van der Waals surface area contributed by atoms with Crippen LogP contribution in [0.5, 0.6) is 0 Å². The van der Waals surface area contributed by atoms with Crippen LogP contribution in [0.4, 0.5) is 8.78 Å². The predicted octanol–water partition coefficient (Wildman–Crippen LogP) is 2.53. The third kappa shape index (κ3) is 2.67. The predicted molar refractivity (Wildman–Crippen MR) is 73.2 cm³/mol. The van der Waals surface area contributed by atoms with Crippen LogP contribution in [0.1, 0.15) is 20.8 Å². The Morgan fingerprint density at radius 2 is 1.80 bits per heavy atom. The number of hydrogen-bond acceptors (Lipinski definition) is 3. The molecule has 0 atom stereocenters. The quantitative estimate of drug-likeness (QED) is 0.875. The second-order valence-electron chi connectivity index (χ2n) is 5.62. The fourth-order valence-electron chi connectivity index (χ4n) is 1.76. The van der Waals surface area contributed by atoms with Crippen LogP contribution in [0.2, 0.25) is 0 Å². The van der Waals surface area contributed by atoms with E-state index in [9.17, 15) is 17.2 Å². The van der Waals surface area contributed by atoms with Gasteiger partial charge in [-0.15, -0.1) is 0 Å². The topological polar surface area (TPSA) is 52.0 Å². The molecule has 20 heavy (non-hydrogen) atoms. The summed E-state index contributed by atoms with van der Waals surface area (Å²) in [4.78, 5) is 3.94. The Balaban J connectivity index is 2.30. The van der Waals surface area contributed by atoms with Gasteiger partial charge < -0.3 is 4.57 Å². The van der Waals surface area contributed by atoms with Crippen LogP contribution in [0.3, 0.4) is 0 Å². The van der Waals surface area contributed by atoms with Gasteiger partial charge in [0.2, 0.25) is 0 Å². The Morgan fingerprint density at radius 1 is 1.20 bits per heavy atom. The van der Waals surface area contributed by atoms with E-state index < -0.39 is 26.2 Å². The average molecular weight is 302 g/mol. The molecule has 1 aromatic carbocycles. The number of rotatable bonds is 3. The molecule has 0 aliphatic heterocycles. The van der Waals surface area contributed by atoms with Crippen molar-refractivity contribution < 1.29 is 17.2 Å². The summed E-state index contributed by atoms with van der Waals surface area (Å²) < 4.78 is 51.0. The lowest BCUT2D eigenvalue weighted by molar-refractivity contribution is 0.510. The molecule has 0 saturated carbocycles. The fraction of sp³-hybridized carbons (Fsp3) is 0.462. The summed E-state index contributed by atoms with van der Waals surface area (Å²) in [7, 11) is -3.28. The summed E-state index contributed by atoms with van der Waals surface area (Å²) in [5, 5.41) is 0. The van der Waals surface area contributed by atoms with Crippen LogP contribution in [-0.2, 0) is 16.4 Å². The van der Waals surface area contributed by atoms with E-state index in [1.807, 2.05) is 0 Å². The van der Waals surface area contributed by atoms with Crippen molar-refractivity contribution >= 4 is 20.9 Å². The van der Waals surface area contributed by atoms with Crippen molar-refractivity contribution in [1.29, 1.82) is 0 Å². The van der Waals surface area contributed by atoms with Gasteiger partial charge in [0, 0.05) is 18.7 Å². The number of aromatic nitrogens is 2. The van der Waals surface area contributed by atoms with Gasteiger partial charge in [-0.05, 0) is 20.8 Å². The first-order valence-corrected chi connectivity index (χ1v) is 7.79. The van der Waals surface area contributed by atoms with Gasteiger partial charge in [0.1, 0.15) is 0 Å². The highest BCUT2D eigenvalue weighted by Gasteiger charge is 2.28. The summed E-state index contributed by atoms with van der Waals surface area (Å²) in [6, 6.07) is 2.03. The maximum Gasteiger partial charge on any atom is 0.161 e. The van der Waals surface area contributed by atoms with Crippen molar-refractivity contribution in [3.63, 3.8) is 0 Å². The number of halogens is 2. The molecular weight excluding hydrogens is 286 g/mol. The molecule has 7 heteroatoms. The molecule has 0 unspecified atom stereocenters. The molecular formula is C13H16F2N2O2S. The van der Waals surface area contributed by atoms with Crippen molar-refractivity contribution in [3.05, 3.63) is 30.1 Å². The third-order valence-corrected chi connectivity index (χ3v) is 5.78. The van der Waals surface area contributed by atoms with E-state index in [-0.39, 0.29) is 12.3 Å². The Kier molecular flexibility index (Phi) is 3.58. The molecule has 0 spiro atoms. The zero-order chi connectivity index (χ0) is 15.1. The lowest BCUT2D eigenvalue weighted by Gasteiger charge is -2.19. The van der Waals surface area contributed by atoms with Crippen LogP contribution in [0, 0.1) is 11.6 Å². The second kappa shape index (κ2) is 4.80. The third-order valence-electron chi connectivity index (χ3n) is 3.20. The fourth-order valence-corrected chi connectivity index (χ4v) is 2.81. The lowest BCUT2D eigenvalue weighted by atomic mass is 10.3. The number of nitrogens with zero attached hydrogens (tertiary/aromatic N) is 2. The van der Waals surface area contributed by atoms with Crippen LogP contribution < -0.4 is 0 Å². The smallest absolute Gasteiger partial charge is 0.161 e. The number of aryl methyl sites for hydroxylation is 1. The van der Waals surface area contributed by atoms with E-state index in [2.05, 4.69) is 4.98 Å². The summed E-state index contributed by atoms with van der Waals surface area (Å²) in [6.07, 6.45) is 1.39. The standard InChI is InChI=1S/C13H16F2N2O2S/c1-13(2,3)20(18,19)5-4-17-8-16-11-6-9(14)10(15)7-12(11)17/h6-8H,4-5H2,1-3H3. The van der Waals surface area contributed by atoms with Gasteiger partial charge in [-0.3, -0.25) is 0 Å². The van der Waals surface area contributed by atoms with E-state index in [0.717, 1.165) is 12.1 Å². The monoisotopic (exact) mass is 302 g/mol. The summed E-state index contributed by atoms with van der Waals surface area (Å²) in [5.41, 5.74) is 0.685. The number of sulfone groups is 1. The maximum absolute atomic E-state index is 13.2. The Hall–Kier alpha value is -1.50. The van der Waals surface area contributed by atoms with E-state index in [0.29, 0.717) is 11.0 Å². The lowest BCUT2D eigenvalue weighted by Crippen LogP contribution is -2.31. The summed E-state index contributed by atoms with van der Waals surface area (Å²) in [6.45, 7) is 5.04. The largest absolute Gasteiger partial charge is 0.329 e. The normalized spacial score (nSPS) is 13.1. The average Bonchev–Trinajstić information content (AvgIpc) is 2.68. The highest BCUT2D eigenvalue weighted by molar-refractivity contribution is 7.92. The maximum atomic E-state index is 13.2. The molecule has 0 aliphatic rings. The molecule has 0 saturated heterocycles. The van der Waals surface area contributed by atoms with Gasteiger partial charge in [0.05, 0.1) is 27.9 Å². The number of hydrogen-bond donors (Lipinski definition) is 0. The first kappa shape index (κ1) is 14.9. The molecule has 0 amide bonds. The van der Waals surface area contributed by atoms with Crippen LogP contribution in [-0.4, -0.2) is 28.5 Å². The summed E-state index contributed by atoms with van der Waals surface area (Å²) in [5.74, 6) is -2.02. The van der Waals surface area contributed by atoms with Crippen molar-refractivity contribution in [3.8, 4) is 0 Å². The Labute approximate surface area is 116 Å². The Morgan fingerprint density at radius 3 is 2.40 bits per heavy atom. The SMILES string of the molecule is CC(C)(C)S(=O)(=O)CCn1cnc2cc(F)c(F)cc21. The molecule has 1 aromatic heterocycles. The molecule has 0 bridgehead atoms. The van der Waals surface area contributed by atoms with E-state index in [1.54, 1.807) is 20.8 Å². The van der Waals surface area contributed by atoms with Crippen molar-refractivity contribution in [2.24, 2.45) is 0 Å². The van der Waals surface area contributed by atoms with Gasteiger partial charge in [-0.25, -0.2) is 22.2 Å². The van der Waals surface area contributed by atoms with Crippen LogP contribution in [0.25, 0.3) is 11.0 Å². The van der Waals surface area contributed by atoms with Gasteiger partial charge in [-0.2, -0.15) is 0 Å². The number of imidazole rings is 1. The summed E-state index contributed by atoms with van der Waals surface area (Å²) >= 11 is 0. The molecule has 0 fully saturated rings. The minimum absolute atomic E-state index is 0.0824. The minimum atomic E-state index is -3.28. The highest BCUT2D eigenvalue weighted by Crippen LogP contribution is 2.20. The molecule has 0 aliphatic carbocycles. The molecule has 1 heterocycles. The molecule has 0 N–H and O–H groups in total. The zero-order valence-corrected chi connectivity index (χ0v) is 12.3. The number of benzene rings is 1. The van der Waals surface area contributed by atoms with Gasteiger partial charge in [-0.1, -0.05) is 0 Å². The van der Waals surface area contributed by atoms with E-state index in [4.69, 9.17) is 0 Å².